The number of allylic oxidation sites excluding steroid dienone is 1. The van der Waals surface area contributed by atoms with Crippen LogP contribution < -0.4 is 4.74 Å². The predicted octanol–water partition coefficient (Wildman–Crippen LogP) is 2.89. The maximum Gasteiger partial charge on any atom is 0.238 e. The molecule has 0 aliphatic heterocycles. The van der Waals surface area contributed by atoms with Crippen molar-refractivity contribution in [3.8, 4) is 5.75 Å². The molecule has 0 spiro atoms. The lowest BCUT2D eigenvalue weighted by atomic mass is 9.85. The van der Waals surface area contributed by atoms with Crippen LogP contribution in [-0.2, 0) is 4.79 Å². The van der Waals surface area contributed by atoms with Crippen molar-refractivity contribution in [3.05, 3.63) is 65.2 Å². The number of fused-ring (bicyclic) bond motifs is 1. The molecule has 4 heteroatoms. The Morgan fingerprint density at radius 3 is 2.05 bits per heavy atom. The van der Waals surface area contributed by atoms with Crippen LogP contribution in [0.1, 0.15) is 21.5 Å². The van der Waals surface area contributed by atoms with Gasteiger partial charge in [0.15, 0.2) is 0 Å². The number of carbonyl (C=O) groups excluding carboxylic acids is 2. The summed E-state index contributed by atoms with van der Waals surface area (Å²) in [5.74, 6) is -1.11. The molecule has 1 N–H and O–H groups in total. The third-order valence-electron chi connectivity index (χ3n) is 3.47. The van der Waals surface area contributed by atoms with E-state index in [1.807, 2.05) is 0 Å². The monoisotopic (exact) mass is 280 g/mol. The van der Waals surface area contributed by atoms with Crippen molar-refractivity contribution in [2.75, 3.05) is 7.11 Å². The third kappa shape index (κ3) is 1.92. The highest BCUT2D eigenvalue weighted by Crippen LogP contribution is 2.36. The van der Waals surface area contributed by atoms with Gasteiger partial charge in [-0.15, -0.1) is 0 Å². The number of para-hydroxylation sites is 1. The van der Waals surface area contributed by atoms with Crippen LogP contribution in [0.5, 0.6) is 5.75 Å². The molecule has 0 saturated carbocycles. The van der Waals surface area contributed by atoms with Gasteiger partial charge < -0.3 is 9.84 Å². The van der Waals surface area contributed by atoms with Crippen molar-refractivity contribution in [3.63, 3.8) is 0 Å². The first-order valence-corrected chi connectivity index (χ1v) is 6.40. The van der Waals surface area contributed by atoms with Gasteiger partial charge in [0.05, 0.1) is 12.7 Å². The van der Waals surface area contributed by atoms with Crippen molar-refractivity contribution < 1.29 is 19.4 Å². The number of carbonyl (C=O) groups is 2. The van der Waals surface area contributed by atoms with Gasteiger partial charge in [-0.2, -0.15) is 0 Å². The molecule has 21 heavy (non-hydrogen) atoms. The molecule has 0 heterocycles. The molecule has 1 aliphatic rings. The molecule has 0 fully saturated rings. The molecule has 0 amide bonds. The average Bonchev–Trinajstić information content (AvgIpc) is 2.53. The fourth-order valence-corrected chi connectivity index (χ4v) is 2.47. The zero-order valence-electron chi connectivity index (χ0n) is 11.3. The standard InChI is InChI=1S/C17H12O4/c1-21-13-9-5-4-8-12(13)14-15(18)10-6-2-3-7-11(10)16(19)17(14)20/h2-9,18H,1H3. The lowest BCUT2D eigenvalue weighted by molar-refractivity contribution is -0.110. The summed E-state index contributed by atoms with van der Waals surface area (Å²) in [6.07, 6.45) is 0. The molecule has 104 valence electrons. The molecular weight excluding hydrogens is 268 g/mol. The molecule has 0 atom stereocenters. The summed E-state index contributed by atoms with van der Waals surface area (Å²) < 4.78 is 5.21. The summed E-state index contributed by atoms with van der Waals surface area (Å²) in [4.78, 5) is 24.6. The number of benzene rings is 2. The van der Waals surface area contributed by atoms with E-state index in [0.717, 1.165) is 0 Å². The number of methoxy groups -OCH3 is 1. The largest absolute Gasteiger partial charge is 0.506 e. The molecule has 0 radical (unpaired) electrons. The number of Topliss-reactive ketones (excluding diaryl/α,β-unsaturated/α-hetero) is 2. The van der Waals surface area contributed by atoms with Gasteiger partial charge in [-0.3, -0.25) is 9.59 Å². The summed E-state index contributed by atoms with van der Waals surface area (Å²) >= 11 is 0. The van der Waals surface area contributed by atoms with Crippen LogP contribution in [0.2, 0.25) is 0 Å². The molecule has 1 aliphatic carbocycles. The van der Waals surface area contributed by atoms with Gasteiger partial charge in [0, 0.05) is 16.7 Å². The normalized spacial score (nSPS) is 14.1. The Balaban J connectivity index is 2.31. The Kier molecular flexibility index (Phi) is 3.06. The van der Waals surface area contributed by atoms with Crippen LogP contribution in [0.4, 0.5) is 0 Å². The highest BCUT2D eigenvalue weighted by Gasteiger charge is 2.34. The van der Waals surface area contributed by atoms with E-state index in [9.17, 15) is 14.7 Å². The summed E-state index contributed by atoms with van der Waals surface area (Å²) in [6, 6.07) is 13.3. The van der Waals surface area contributed by atoms with Crippen LogP contribution in [0.15, 0.2) is 48.5 Å². The first-order valence-electron chi connectivity index (χ1n) is 6.40. The van der Waals surface area contributed by atoms with Gasteiger partial charge in [0.25, 0.3) is 0 Å². The van der Waals surface area contributed by atoms with Crippen LogP contribution in [0, 0.1) is 0 Å². The number of hydrogen-bond donors (Lipinski definition) is 1. The topological polar surface area (TPSA) is 63.6 Å². The van der Waals surface area contributed by atoms with Crippen LogP contribution in [0.3, 0.4) is 0 Å². The second-order valence-electron chi connectivity index (χ2n) is 4.63. The Bertz CT molecular complexity index is 787. The lowest BCUT2D eigenvalue weighted by Gasteiger charge is -2.19. The molecule has 2 aromatic rings. The van der Waals surface area contributed by atoms with E-state index >= 15 is 0 Å². The van der Waals surface area contributed by atoms with Crippen LogP contribution in [-0.4, -0.2) is 23.8 Å². The molecule has 0 saturated heterocycles. The molecule has 0 unspecified atom stereocenters. The zero-order valence-corrected chi connectivity index (χ0v) is 11.3. The number of aliphatic hydroxyl groups excluding tert-OH is 1. The summed E-state index contributed by atoms with van der Waals surface area (Å²) in [7, 11) is 1.47. The van der Waals surface area contributed by atoms with Gasteiger partial charge in [-0.1, -0.05) is 42.5 Å². The van der Waals surface area contributed by atoms with Crippen LogP contribution >= 0.6 is 0 Å². The third-order valence-corrected chi connectivity index (χ3v) is 3.47. The Morgan fingerprint density at radius 1 is 0.810 bits per heavy atom. The fraction of sp³-hybridized carbons (Fsp3) is 0.0588. The minimum absolute atomic E-state index is 0.0175. The second-order valence-corrected chi connectivity index (χ2v) is 4.63. The highest BCUT2D eigenvalue weighted by atomic mass is 16.5. The van der Waals surface area contributed by atoms with E-state index in [1.54, 1.807) is 42.5 Å². The van der Waals surface area contributed by atoms with Crippen molar-refractivity contribution in [1.82, 2.24) is 0 Å². The van der Waals surface area contributed by atoms with Crippen molar-refractivity contribution in [1.29, 1.82) is 0 Å². The van der Waals surface area contributed by atoms with E-state index in [0.29, 0.717) is 16.9 Å². The van der Waals surface area contributed by atoms with E-state index < -0.39 is 11.6 Å². The Morgan fingerprint density at radius 2 is 1.38 bits per heavy atom. The molecule has 3 rings (SSSR count). The molecular formula is C17H12O4. The van der Waals surface area contributed by atoms with E-state index in [1.165, 1.54) is 13.2 Å². The highest BCUT2D eigenvalue weighted by molar-refractivity contribution is 6.62. The zero-order chi connectivity index (χ0) is 15.0. The molecule has 2 aromatic carbocycles. The lowest BCUT2D eigenvalue weighted by Crippen LogP contribution is -2.23. The number of hydrogen-bond acceptors (Lipinski definition) is 4. The van der Waals surface area contributed by atoms with Gasteiger partial charge >= 0.3 is 0 Å². The minimum Gasteiger partial charge on any atom is -0.506 e. The molecule has 0 aromatic heterocycles. The SMILES string of the molecule is COc1ccccc1C1=C(O)c2ccccc2C(=O)C1=O. The number of ether oxygens (including phenoxy) is 1. The van der Waals surface area contributed by atoms with Crippen LogP contribution in [0.25, 0.3) is 11.3 Å². The molecule has 0 bridgehead atoms. The van der Waals surface area contributed by atoms with Gasteiger partial charge in [-0.25, -0.2) is 0 Å². The van der Waals surface area contributed by atoms with Crippen molar-refractivity contribution in [2.24, 2.45) is 0 Å². The predicted molar refractivity (Wildman–Crippen MR) is 78.2 cm³/mol. The van der Waals surface area contributed by atoms with Crippen molar-refractivity contribution in [2.45, 2.75) is 0 Å². The van der Waals surface area contributed by atoms with E-state index in [4.69, 9.17) is 4.74 Å². The van der Waals surface area contributed by atoms with Crippen molar-refractivity contribution >= 4 is 22.9 Å². The first-order chi connectivity index (χ1) is 10.1. The maximum absolute atomic E-state index is 12.3. The summed E-state index contributed by atoms with van der Waals surface area (Å²) in [6.45, 7) is 0. The number of aliphatic hydroxyl groups is 1. The number of ketones is 2. The fourth-order valence-electron chi connectivity index (χ4n) is 2.47. The second kappa shape index (κ2) is 4.90. The van der Waals surface area contributed by atoms with E-state index in [-0.39, 0.29) is 16.9 Å². The minimum atomic E-state index is -0.726. The van der Waals surface area contributed by atoms with Gasteiger partial charge in [-0.05, 0) is 6.07 Å². The first kappa shape index (κ1) is 13.1. The Labute approximate surface area is 121 Å². The summed E-state index contributed by atoms with van der Waals surface area (Å²) in [5.41, 5.74) is 0.975. The van der Waals surface area contributed by atoms with E-state index in [2.05, 4.69) is 0 Å². The maximum atomic E-state index is 12.3. The number of rotatable bonds is 2. The average molecular weight is 280 g/mol. The molecule has 4 nitrogen and oxygen atoms in total. The summed E-state index contributed by atoms with van der Waals surface area (Å²) in [5, 5.41) is 10.4. The Hall–Kier alpha value is -2.88. The van der Waals surface area contributed by atoms with Gasteiger partial charge in [0.1, 0.15) is 11.5 Å². The quantitative estimate of drug-likeness (QED) is 0.859. The van der Waals surface area contributed by atoms with Gasteiger partial charge in [0.2, 0.25) is 11.6 Å². The smallest absolute Gasteiger partial charge is 0.238 e.